The van der Waals surface area contributed by atoms with Gasteiger partial charge in [0.2, 0.25) is 0 Å². The monoisotopic (exact) mass is 507 g/mol. The number of aryl methyl sites for hydroxylation is 3. The second-order valence-electron chi connectivity index (χ2n) is 9.33. The number of para-hydroxylation sites is 2. The molecule has 3 aromatic carbocycles. The van der Waals surface area contributed by atoms with Gasteiger partial charge in [0, 0.05) is 25.1 Å². The van der Waals surface area contributed by atoms with Crippen molar-refractivity contribution in [2.24, 2.45) is 7.05 Å². The number of tetrazole rings is 1. The first-order valence-electron chi connectivity index (χ1n) is 13.1. The van der Waals surface area contributed by atoms with Gasteiger partial charge in [-0.3, -0.25) is 0 Å². The van der Waals surface area contributed by atoms with E-state index in [4.69, 9.17) is 9.47 Å². The van der Waals surface area contributed by atoms with Crippen molar-refractivity contribution < 1.29 is 9.47 Å². The van der Waals surface area contributed by atoms with Crippen molar-refractivity contribution in [1.29, 1.82) is 0 Å². The molecular weight excluding hydrogens is 474 g/mol. The molecule has 0 radical (unpaired) electrons. The molecule has 0 bridgehead atoms. The lowest BCUT2D eigenvalue weighted by molar-refractivity contribution is 0.266. The Bertz CT molecular complexity index is 1440. The van der Waals surface area contributed by atoms with E-state index >= 15 is 0 Å². The van der Waals surface area contributed by atoms with Crippen molar-refractivity contribution in [2.75, 3.05) is 13.2 Å². The number of aromatic nitrogens is 5. The summed E-state index contributed by atoms with van der Waals surface area (Å²) in [7, 11) is 2.11. The lowest BCUT2D eigenvalue weighted by atomic mass is 10.0. The topological polar surface area (TPSA) is 77.9 Å². The number of ether oxygens (including phenoxy) is 2. The van der Waals surface area contributed by atoms with Crippen LogP contribution in [0.15, 0.2) is 79.0 Å². The van der Waals surface area contributed by atoms with E-state index in [9.17, 15) is 0 Å². The van der Waals surface area contributed by atoms with Crippen LogP contribution in [0.5, 0.6) is 11.5 Å². The van der Waals surface area contributed by atoms with E-state index in [-0.39, 0.29) is 0 Å². The van der Waals surface area contributed by atoms with Gasteiger partial charge in [0.25, 0.3) is 0 Å². The van der Waals surface area contributed by atoms with Gasteiger partial charge in [-0.05, 0) is 77.1 Å². The molecule has 0 amide bonds. The third-order valence-corrected chi connectivity index (χ3v) is 6.52. The molecule has 0 atom stereocenters. The van der Waals surface area contributed by atoms with E-state index < -0.39 is 0 Å². The van der Waals surface area contributed by atoms with Crippen LogP contribution < -0.4 is 9.47 Å². The van der Waals surface area contributed by atoms with Crippen LogP contribution in [0, 0.1) is 0 Å². The predicted octanol–water partition coefficient (Wildman–Crippen LogP) is 6.28. The van der Waals surface area contributed by atoms with Crippen LogP contribution >= 0.6 is 0 Å². The fourth-order valence-electron chi connectivity index (χ4n) is 4.61. The maximum atomic E-state index is 5.91. The number of rotatable bonds is 13. The number of H-pyrrole nitrogens is 1. The first-order valence-corrected chi connectivity index (χ1v) is 13.1. The van der Waals surface area contributed by atoms with Gasteiger partial charge in [-0.2, -0.15) is 0 Å². The molecular formula is C31H33N5O2. The number of aromatic amines is 1. The van der Waals surface area contributed by atoms with Crippen molar-refractivity contribution in [3.63, 3.8) is 0 Å². The smallest absolute Gasteiger partial charge is 0.148 e. The Kier molecular flexibility index (Phi) is 8.46. The summed E-state index contributed by atoms with van der Waals surface area (Å²) in [4.78, 5) is 0. The third-order valence-electron chi connectivity index (χ3n) is 6.52. The van der Waals surface area contributed by atoms with Crippen molar-refractivity contribution in [2.45, 2.75) is 32.1 Å². The molecule has 2 heterocycles. The normalized spacial score (nSPS) is 11.4. The fraction of sp³-hybridized carbons (Fsp3) is 0.258. The Morgan fingerprint density at radius 1 is 0.789 bits per heavy atom. The zero-order valence-corrected chi connectivity index (χ0v) is 21.7. The Morgan fingerprint density at radius 3 is 2.29 bits per heavy atom. The van der Waals surface area contributed by atoms with Gasteiger partial charge in [0.15, 0.2) is 0 Å². The van der Waals surface area contributed by atoms with Crippen LogP contribution in [0.1, 0.15) is 41.8 Å². The first kappa shape index (κ1) is 25.3. The number of fused-ring (bicyclic) bond motifs is 1. The average molecular weight is 508 g/mol. The summed E-state index contributed by atoms with van der Waals surface area (Å²) < 4.78 is 13.9. The summed E-state index contributed by atoms with van der Waals surface area (Å²) >= 11 is 0. The minimum absolute atomic E-state index is 0.681. The summed E-state index contributed by atoms with van der Waals surface area (Å²) in [6, 6.07) is 24.7. The Labute approximate surface area is 223 Å². The number of hydrogen-bond acceptors (Lipinski definition) is 5. The minimum Gasteiger partial charge on any atom is -0.494 e. The summed E-state index contributed by atoms with van der Waals surface area (Å²) in [5.41, 5.74) is 4.93. The van der Waals surface area contributed by atoms with Crippen molar-refractivity contribution in [3.8, 4) is 11.5 Å². The van der Waals surface area contributed by atoms with Crippen molar-refractivity contribution >= 4 is 23.1 Å². The molecule has 2 aromatic heterocycles. The highest BCUT2D eigenvalue weighted by atomic mass is 16.5. The number of hydrogen-bond donors (Lipinski definition) is 1. The van der Waals surface area contributed by atoms with Crippen LogP contribution in [0.4, 0.5) is 0 Å². The van der Waals surface area contributed by atoms with Gasteiger partial charge < -0.3 is 14.0 Å². The lowest BCUT2D eigenvalue weighted by Crippen LogP contribution is -2.02. The third kappa shape index (κ3) is 6.68. The van der Waals surface area contributed by atoms with E-state index in [1.165, 1.54) is 22.0 Å². The zero-order valence-electron chi connectivity index (χ0n) is 21.7. The molecule has 5 rings (SSSR count). The van der Waals surface area contributed by atoms with E-state index in [2.05, 4.69) is 80.9 Å². The van der Waals surface area contributed by atoms with Crippen LogP contribution in [-0.2, 0) is 19.9 Å². The maximum Gasteiger partial charge on any atom is 0.148 e. The van der Waals surface area contributed by atoms with Crippen LogP contribution in [0.25, 0.3) is 23.1 Å². The van der Waals surface area contributed by atoms with Crippen LogP contribution in [0.3, 0.4) is 0 Å². The quantitative estimate of drug-likeness (QED) is 0.150. The van der Waals surface area contributed by atoms with Crippen LogP contribution in [0.2, 0.25) is 0 Å². The molecule has 5 aromatic rings. The number of nitrogens with one attached hydrogen (secondary N) is 1. The largest absolute Gasteiger partial charge is 0.494 e. The maximum absolute atomic E-state index is 5.91. The number of nitrogens with zero attached hydrogens (tertiary/aromatic N) is 4. The molecule has 1 N–H and O–H groups in total. The highest BCUT2D eigenvalue weighted by molar-refractivity contribution is 5.93. The summed E-state index contributed by atoms with van der Waals surface area (Å²) in [6.07, 6.45) is 11.3. The number of benzene rings is 3. The van der Waals surface area contributed by atoms with Gasteiger partial charge in [0.05, 0.1) is 18.7 Å². The molecule has 194 valence electrons. The standard InChI is InChI=1S/C31H33N5O2/c1-36-23-26(10-8-14-30-32-34-35-33-30)29-13-7-9-25(31(29)36)18-15-24-16-19-28(20-17-24)38-22-6-5-21-37-27-11-3-2-4-12-27/h2-4,7,9,11-13,15-20,23H,5-6,8,10,14,21-22H2,1H3,(H,32,33,34,35)/b18-15+. The lowest BCUT2D eigenvalue weighted by Gasteiger charge is -2.08. The van der Waals surface area contributed by atoms with Gasteiger partial charge in [-0.25, -0.2) is 5.10 Å². The van der Waals surface area contributed by atoms with E-state index in [1.54, 1.807) is 0 Å². The second kappa shape index (κ2) is 12.7. The summed E-state index contributed by atoms with van der Waals surface area (Å²) in [5, 5.41) is 15.4. The minimum atomic E-state index is 0.681. The van der Waals surface area contributed by atoms with Crippen LogP contribution in [-0.4, -0.2) is 38.4 Å². The molecule has 0 aliphatic carbocycles. The SMILES string of the molecule is Cn1cc(CCCc2nnn[nH]2)c2cccc(/C=C/c3ccc(OCCCCOc4ccccc4)cc3)c21. The van der Waals surface area contributed by atoms with Gasteiger partial charge in [-0.1, -0.05) is 60.7 Å². The summed E-state index contributed by atoms with van der Waals surface area (Å²) in [5.74, 6) is 2.64. The molecule has 38 heavy (non-hydrogen) atoms. The molecule has 7 heteroatoms. The number of unbranched alkanes of at least 4 members (excludes halogenated alkanes) is 1. The van der Waals surface area contributed by atoms with Gasteiger partial charge in [0.1, 0.15) is 17.3 Å². The molecule has 7 nitrogen and oxygen atoms in total. The zero-order chi connectivity index (χ0) is 26.0. The Balaban J connectivity index is 1.12. The van der Waals surface area contributed by atoms with E-state index in [0.29, 0.717) is 13.2 Å². The highest BCUT2D eigenvalue weighted by Crippen LogP contribution is 2.27. The first-order chi connectivity index (χ1) is 18.8. The van der Waals surface area contributed by atoms with E-state index in [0.717, 1.165) is 55.0 Å². The highest BCUT2D eigenvalue weighted by Gasteiger charge is 2.10. The molecule has 0 saturated carbocycles. The molecule has 0 unspecified atom stereocenters. The van der Waals surface area contributed by atoms with Gasteiger partial charge in [-0.15, -0.1) is 5.10 Å². The summed E-state index contributed by atoms with van der Waals surface area (Å²) in [6.45, 7) is 1.38. The Morgan fingerprint density at radius 2 is 1.55 bits per heavy atom. The molecule has 0 saturated heterocycles. The molecule has 0 aliphatic heterocycles. The second-order valence-corrected chi connectivity index (χ2v) is 9.33. The van der Waals surface area contributed by atoms with Crippen molar-refractivity contribution in [3.05, 3.63) is 102 Å². The Hall–Kier alpha value is -4.39. The predicted molar refractivity (Wildman–Crippen MR) is 151 cm³/mol. The average Bonchev–Trinajstić information content (AvgIpc) is 3.59. The molecule has 0 aliphatic rings. The fourth-order valence-corrected chi connectivity index (χ4v) is 4.61. The molecule has 0 spiro atoms. The van der Waals surface area contributed by atoms with Crippen molar-refractivity contribution in [1.82, 2.24) is 25.2 Å². The van der Waals surface area contributed by atoms with Gasteiger partial charge >= 0.3 is 0 Å². The molecule has 0 fully saturated rings. The van der Waals surface area contributed by atoms with E-state index in [1.807, 2.05) is 42.5 Å².